The zero-order chi connectivity index (χ0) is 13.7. The first-order valence-electron chi connectivity index (χ1n) is 6.82. The number of hydrogen-bond acceptors (Lipinski definition) is 4. The number of rotatable bonds is 5. The first kappa shape index (κ1) is 14.0. The molecular weight excluding hydrogens is 244 g/mol. The largest absolute Gasteiger partial charge is 0.376 e. The topological polar surface area (TPSA) is 93.0 Å². The van der Waals surface area contributed by atoms with Crippen LogP contribution in [-0.4, -0.2) is 41.4 Å². The van der Waals surface area contributed by atoms with Gasteiger partial charge in [-0.25, -0.2) is 0 Å². The van der Waals surface area contributed by atoms with Crippen molar-refractivity contribution in [2.45, 2.75) is 44.8 Å². The fraction of sp³-hybridized carbons (Fsp3) is 0.692. The van der Waals surface area contributed by atoms with Crippen LogP contribution in [0.25, 0.3) is 0 Å². The van der Waals surface area contributed by atoms with E-state index in [0.29, 0.717) is 31.0 Å². The molecule has 1 heterocycles. The number of aromatic amines is 1. The number of aromatic nitrogens is 2. The Labute approximate surface area is 113 Å². The van der Waals surface area contributed by atoms with Gasteiger partial charge in [0, 0.05) is 18.3 Å². The van der Waals surface area contributed by atoms with E-state index in [4.69, 9.17) is 10.5 Å². The first-order chi connectivity index (χ1) is 9.15. The van der Waals surface area contributed by atoms with E-state index in [1.54, 1.807) is 6.07 Å². The highest BCUT2D eigenvalue weighted by atomic mass is 16.5. The van der Waals surface area contributed by atoms with E-state index < -0.39 is 0 Å². The number of nitrogens with two attached hydrogens (primary N) is 1. The van der Waals surface area contributed by atoms with Crippen molar-refractivity contribution in [1.82, 2.24) is 15.5 Å². The third kappa shape index (κ3) is 4.33. The van der Waals surface area contributed by atoms with Gasteiger partial charge in [0.25, 0.3) is 5.91 Å². The molecule has 0 aliphatic heterocycles. The van der Waals surface area contributed by atoms with Crippen LogP contribution < -0.4 is 11.1 Å². The molecule has 106 valence electrons. The Hall–Kier alpha value is -1.40. The lowest BCUT2D eigenvalue weighted by atomic mass is 9.94. The highest BCUT2D eigenvalue weighted by molar-refractivity contribution is 5.92. The maximum absolute atomic E-state index is 11.7. The van der Waals surface area contributed by atoms with Gasteiger partial charge in [0.05, 0.1) is 12.7 Å². The van der Waals surface area contributed by atoms with Gasteiger partial charge in [-0.15, -0.1) is 0 Å². The molecule has 4 N–H and O–H groups in total. The van der Waals surface area contributed by atoms with Crippen molar-refractivity contribution in [3.05, 3.63) is 17.5 Å². The summed E-state index contributed by atoms with van der Waals surface area (Å²) in [7, 11) is 0. The molecule has 0 radical (unpaired) electrons. The SMILES string of the molecule is Cc1cc(C(=O)NCCOC2CCC(N)CC2)n[nH]1. The highest BCUT2D eigenvalue weighted by Crippen LogP contribution is 2.19. The van der Waals surface area contributed by atoms with E-state index in [1.807, 2.05) is 6.92 Å². The smallest absolute Gasteiger partial charge is 0.271 e. The van der Waals surface area contributed by atoms with Crippen LogP contribution in [0.1, 0.15) is 41.9 Å². The summed E-state index contributed by atoms with van der Waals surface area (Å²) in [5, 5.41) is 9.43. The Balaban J connectivity index is 1.60. The van der Waals surface area contributed by atoms with Crippen LogP contribution in [0.15, 0.2) is 6.07 Å². The van der Waals surface area contributed by atoms with E-state index in [2.05, 4.69) is 15.5 Å². The highest BCUT2D eigenvalue weighted by Gasteiger charge is 2.18. The van der Waals surface area contributed by atoms with Crippen LogP contribution in [-0.2, 0) is 4.74 Å². The lowest BCUT2D eigenvalue weighted by molar-refractivity contribution is 0.0267. The number of H-pyrrole nitrogens is 1. The second-order valence-electron chi connectivity index (χ2n) is 5.10. The van der Waals surface area contributed by atoms with Crippen molar-refractivity contribution < 1.29 is 9.53 Å². The summed E-state index contributed by atoms with van der Waals surface area (Å²) < 4.78 is 5.72. The van der Waals surface area contributed by atoms with Gasteiger partial charge in [-0.1, -0.05) is 0 Å². The monoisotopic (exact) mass is 266 g/mol. The van der Waals surface area contributed by atoms with Crippen LogP contribution >= 0.6 is 0 Å². The molecule has 1 aliphatic carbocycles. The molecule has 0 unspecified atom stereocenters. The van der Waals surface area contributed by atoms with Crippen molar-refractivity contribution in [1.29, 1.82) is 0 Å². The van der Waals surface area contributed by atoms with Crippen LogP contribution in [0.2, 0.25) is 0 Å². The summed E-state index contributed by atoms with van der Waals surface area (Å²) in [4.78, 5) is 11.7. The molecule has 0 spiro atoms. The Kier molecular flexibility index (Phi) is 4.93. The second-order valence-corrected chi connectivity index (χ2v) is 5.10. The molecule has 0 saturated heterocycles. The van der Waals surface area contributed by atoms with E-state index in [0.717, 1.165) is 31.4 Å². The standard InChI is InChI=1S/C13H22N4O2/c1-9-8-12(17-16-9)13(18)15-6-7-19-11-4-2-10(14)3-5-11/h8,10-11H,2-7,14H2,1H3,(H,15,18)(H,16,17). The average molecular weight is 266 g/mol. The maximum atomic E-state index is 11.7. The third-order valence-corrected chi connectivity index (χ3v) is 3.40. The Morgan fingerprint density at radius 1 is 1.53 bits per heavy atom. The van der Waals surface area contributed by atoms with Gasteiger partial charge in [-0.3, -0.25) is 9.89 Å². The van der Waals surface area contributed by atoms with E-state index in [9.17, 15) is 4.79 Å². The molecule has 2 rings (SSSR count). The number of carbonyl (C=O) groups excluding carboxylic acids is 1. The van der Waals surface area contributed by atoms with Gasteiger partial charge in [-0.05, 0) is 38.7 Å². The number of amides is 1. The minimum atomic E-state index is -0.168. The number of hydrogen-bond donors (Lipinski definition) is 3. The molecule has 1 fully saturated rings. The molecule has 1 saturated carbocycles. The number of carbonyl (C=O) groups is 1. The third-order valence-electron chi connectivity index (χ3n) is 3.40. The van der Waals surface area contributed by atoms with Crippen LogP contribution in [0, 0.1) is 6.92 Å². The molecule has 0 aromatic carbocycles. The average Bonchev–Trinajstić information content (AvgIpc) is 2.83. The van der Waals surface area contributed by atoms with Crippen LogP contribution in [0.4, 0.5) is 0 Å². The Bertz CT molecular complexity index is 411. The zero-order valence-corrected chi connectivity index (χ0v) is 11.3. The van der Waals surface area contributed by atoms with Gasteiger partial charge in [0.15, 0.2) is 0 Å². The van der Waals surface area contributed by atoms with Crippen LogP contribution in [0.5, 0.6) is 0 Å². The molecule has 19 heavy (non-hydrogen) atoms. The second kappa shape index (κ2) is 6.68. The maximum Gasteiger partial charge on any atom is 0.271 e. The molecule has 1 aliphatic rings. The number of aryl methyl sites for hydroxylation is 1. The summed E-state index contributed by atoms with van der Waals surface area (Å²) in [6.45, 7) is 2.91. The molecule has 0 atom stereocenters. The van der Waals surface area contributed by atoms with Gasteiger partial charge in [-0.2, -0.15) is 5.10 Å². The minimum absolute atomic E-state index is 0.168. The molecule has 6 heteroatoms. The predicted octanol–water partition coefficient (Wildman–Crippen LogP) is 0.734. The zero-order valence-electron chi connectivity index (χ0n) is 11.3. The van der Waals surface area contributed by atoms with E-state index >= 15 is 0 Å². The minimum Gasteiger partial charge on any atom is -0.376 e. The molecule has 1 amide bonds. The summed E-state index contributed by atoms with van der Waals surface area (Å²) >= 11 is 0. The van der Waals surface area contributed by atoms with Gasteiger partial charge in [0.1, 0.15) is 5.69 Å². The molecule has 0 bridgehead atoms. The summed E-state index contributed by atoms with van der Waals surface area (Å²) in [6.07, 6.45) is 4.40. The summed E-state index contributed by atoms with van der Waals surface area (Å²) in [5.41, 5.74) is 7.13. The van der Waals surface area contributed by atoms with Gasteiger partial charge < -0.3 is 15.8 Å². The van der Waals surface area contributed by atoms with Crippen molar-refractivity contribution in [2.24, 2.45) is 5.73 Å². The Morgan fingerprint density at radius 2 is 2.26 bits per heavy atom. The van der Waals surface area contributed by atoms with E-state index in [-0.39, 0.29) is 5.91 Å². The fourth-order valence-corrected chi connectivity index (χ4v) is 2.27. The molecule has 6 nitrogen and oxygen atoms in total. The van der Waals surface area contributed by atoms with Gasteiger partial charge in [0.2, 0.25) is 0 Å². The molecule has 1 aromatic rings. The predicted molar refractivity (Wildman–Crippen MR) is 71.8 cm³/mol. The summed E-state index contributed by atoms with van der Waals surface area (Å²) in [6, 6.07) is 2.06. The van der Waals surface area contributed by atoms with Crippen molar-refractivity contribution in [2.75, 3.05) is 13.2 Å². The Morgan fingerprint density at radius 3 is 2.89 bits per heavy atom. The van der Waals surface area contributed by atoms with Crippen LogP contribution in [0.3, 0.4) is 0 Å². The lowest BCUT2D eigenvalue weighted by Crippen LogP contribution is -2.33. The van der Waals surface area contributed by atoms with Gasteiger partial charge >= 0.3 is 0 Å². The number of nitrogens with one attached hydrogen (secondary N) is 2. The molecular formula is C13H22N4O2. The normalized spacial score (nSPS) is 23.3. The van der Waals surface area contributed by atoms with E-state index in [1.165, 1.54) is 0 Å². The summed E-state index contributed by atoms with van der Waals surface area (Å²) in [5.74, 6) is -0.168. The quantitative estimate of drug-likeness (QED) is 0.685. The lowest BCUT2D eigenvalue weighted by Gasteiger charge is -2.26. The molecule has 1 aromatic heterocycles. The first-order valence-corrected chi connectivity index (χ1v) is 6.82. The van der Waals surface area contributed by atoms with Crippen molar-refractivity contribution >= 4 is 5.91 Å². The van der Waals surface area contributed by atoms with Crippen molar-refractivity contribution in [3.63, 3.8) is 0 Å². The number of ether oxygens (including phenoxy) is 1. The van der Waals surface area contributed by atoms with Crippen molar-refractivity contribution in [3.8, 4) is 0 Å². The number of nitrogens with zero attached hydrogens (tertiary/aromatic N) is 1. The fourth-order valence-electron chi connectivity index (χ4n) is 2.27.